The molecule has 7 nitrogen and oxygen atoms in total. The van der Waals surface area contributed by atoms with Gasteiger partial charge in [0.25, 0.3) is 0 Å². The SMILES string of the molecule is Cc1nsc(-c2ccc(-c3ccc(C4(C(=O)[O-])CC4)cc3)cc2)c1NC(=O)OCc1ccccn1.[Na+]. The quantitative estimate of drug-likeness (QED) is 0.382. The van der Waals surface area contributed by atoms with E-state index in [0.717, 1.165) is 27.1 Å². The van der Waals surface area contributed by atoms with Crippen molar-refractivity contribution in [3.05, 3.63) is 89.9 Å². The molecule has 36 heavy (non-hydrogen) atoms. The molecule has 9 heteroatoms. The van der Waals surface area contributed by atoms with E-state index >= 15 is 0 Å². The number of rotatable bonds is 7. The number of hydrogen-bond donors (Lipinski definition) is 1. The van der Waals surface area contributed by atoms with Crippen LogP contribution in [0.4, 0.5) is 10.5 Å². The van der Waals surface area contributed by atoms with Crippen molar-refractivity contribution in [2.24, 2.45) is 0 Å². The summed E-state index contributed by atoms with van der Waals surface area (Å²) in [6.45, 7) is 1.92. The molecule has 2 aromatic carbocycles. The number of carbonyl (C=O) groups is 2. The summed E-state index contributed by atoms with van der Waals surface area (Å²) in [5, 5.41) is 14.3. The first-order chi connectivity index (χ1) is 17.0. The minimum atomic E-state index is -1.00. The van der Waals surface area contributed by atoms with Crippen LogP contribution >= 0.6 is 11.5 Å². The number of ether oxygens (including phenoxy) is 1. The Hall–Kier alpha value is -3.04. The van der Waals surface area contributed by atoms with Crippen molar-refractivity contribution in [2.75, 3.05) is 5.32 Å². The van der Waals surface area contributed by atoms with Crippen LogP contribution in [0.1, 0.15) is 29.8 Å². The number of amides is 1. The zero-order chi connectivity index (χ0) is 24.4. The van der Waals surface area contributed by atoms with Gasteiger partial charge in [-0.1, -0.05) is 54.6 Å². The predicted octanol–water partition coefficient (Wildman–Crippen LogP) is 1.71. The van der Waals surface area contributed by atoms with Gasteiger partial charge in [-0.05, 0) is 65.7 Å². The van der Waals surface area contributed by atoms with E-state index in [1.807, 2.05) is 61.5 Å². The van der Waals surface area contributed by atoms with Crippen LogP contribution in [-0.4, -0.2) is 21.4 Å². The van der Waals surface area contributed by atoms with E-state index in [-0.39, 0.29) is 36.2 Å². The minimum Gasteiger partial charge on any atom is -0.549 e. The molecule has 1 saturated carbocycles. The summed E-state index contributed by atoms with van der Waals surface area (Å²) in [6, 6.07) is 21.0. The Bertz CT molecular complexity index is 1370. The van der Waals surface area contributed by atoms with Gasteiger partial charge in [0, 0.05) is 11.6 Å². The number of aliphatic carboxylic acids is 1. The Morgan fingerprint density at radius 2 is 1.64 bits per heavy atom. The number of aryl methyl sites for hydroxylation is 1. The van der Waals surface area contributed by atoms with Gasteiger partial charge in [0.2, 0.25) is 0 Å². The second-order valence-corrected chi connectivity index (χ2v) is 9.29. The molecule has 0 bridgehead atoms. The molecular weight excluding hydrogens is 485 g/mol. The van der Waals surface area contributed by atoms with E-state index in [4.69, 9.17) is 4.74 Å². The molecule has 1 aliphatic rings. The number of carboxylic acid groups (broad SMARTS) is 1. The molecule has 2 aromatic heterocycles. The molecule has 5 rings (SSSR count). The van der Waals surface area contributed by atoms with Crippen LogP contribution in [0.25, 0.3) is 21.6 Å². The maximum atomic E-state index is 12.4. The third-order valence-electron chi connectivity index (χ3n) is 6.23. The zero-order valence-electron chi connectivity index (χ0n) is 20.0. The van der Waals surface area contributed by atoms with Crippen LogP contribution in [0, 0.1) is 6.92 Å². The van der Waals surface area contributed by atoms with Crippen molar-refractivity contribution >= 4 is 29.3 Å². The van der Waals surface area contributed by atoms with E-state index in [2.05, 4.69) is 14.7 Å². The maximum absolute atomic E-state index is 12.4. The fourth-order valence-electron chi connectivity index (χ4n) is 4.01. The van der Waals surface area contributed by atoms with E-state index < -0.39 is 17.5 Å². The molecule has 0 aliphatic heterocycles. The fourth-order valence-corrected chi connectivity index (χ4v) is 4.86. The third kappa shape index (κ3) is 5.37. The van der Waals surface area contributed by atoms with Crippen LogP contribution in [0.5, 0.6) is 0 Å². The molecule has 4 aromatic rings. The first kappa shape index (κ1) is 26.0. The number of nitrogens with one attached hydrogen (secondary N) is 1. The van der Waals surface area contributed by atoms with Crippen molar-refractivity contribution in [1.82, 2.24) is 9.36 Å². The van der Waals surface area contributed by atoms with Crippen LogP contribution in [0.15, 0.2) is 72.9 Å². The molecule has 1 fully saturated rings. The average Bonchev–Trinajstić information content (AvgIpc) is 3.63. The molecule has 2 heterocycles. The van der Waals surface area contributed by atoms with Gasteiger partial charge >= 0.3 is 35.7 Å². The van der Waals surface area contributed by atoms with Gasteiger partial charge in [-0.3, -0.25) is 10.3 Å². The maximum Gasteiger partial charge on any atom is 1.00 e. The monoisotopic (exact) mass is 507 g/mol. The second kappa shape index (κ2) is 10.9. The number of pyridine rings is 1. The Balaban J connectivity index is 0.00000304. The normalized spacial score (nSPS) is 13.4. The van der Waals surface area contributed by atoms with Gasteiger partial charge in [0.15, 0.2) is 0 Å². The summed E-state index contributed by atoms with van der Waals surface area (Å²) in [7, 11) is 0. The first-order valence-corrected chi connectivity index (χ1v) is 12.0. The van der Waals surface area contributed by atoms with E-state index in [1.165, 1.54) is 11.5 Å². The molecule has 1 amide bonds. The number of nitrogens with zero attached hydrogens (tertiary/aromatic N) is 2. The van der Waals surface area contributed by atoms with Crippen LogP contribution in [0.3, 0.4) is 0 Å². The van der Waals surface area contributed by atoms with Gasteiger partial charge in [0.1, 0.15) is 6.61 Å². The Kier molecular flexibility index (Phi) is 7.90. The summed E-state index contributed by atoms with van der Waals surface area (Å²) in [5.41, 5.74) is 4.90. The fraction of sp³-hybridized carbons (Fsp3) is 0.185. The first-order valence-electron chi connectivity index (χ1n) is 11.2. The smallest absolute Gasteiger partial charge is 0.549 e. The summed E-state index contributed by atoms with van der Waals surface area (Å²) in [4.78, 5) is 28.8. The van der Waals surface area contributed by atoms with Crippen molar-refractivity contribution in [2.45, 2.75) is 31.8 Å². The molecule has 1 aliphatic carbocycles. The number of carboxylic acids is 1. The third-order valence-corrected chi connectivity index (χ3v) is 7.21. The zero-order valence-corrected chi connectivity index (χ0v) is 22.8. The molecule has 0 saturated heterocycles. The summed E-state index contributed by atoms with van der Waals surface area (Å²) < 4.78 is 9.70. The van der Waals surface area contributed by atoms with Gasteiger partial charge in [-0.2, -0.15) is 4.37 Å². The molecule has 0 spiro atoms. The van der Waals surface area contributed by atoms with E-state index in [1.54, 1.807) is 18.3 Å². The van der Waals surface area contributed by atoms with Crippen LogP contribution < -0.4 is 40.0 Å². The Labute approximate surface area is 235 Å². The molecule has 0 radical (unpaired) electrons. The number of aromatic nitrogens is 2. The van der Waals surface area contributed by atoms with Gasteiger partial charge in [-0.15, -0.1) is 0 Å². The van der Waals surface area contributed by atoms with Gasteiger partial charge in [-0.25, -0.2) is 4.79 Å². The van der Waals surface area contributed by atoms with Gasteiger partial charge in [0.05, 0.1) is 27.9 Å². The molecule has 0 atom stereocenters. The van der Waals surface area contributed by atoms with Crippen LogP contribution in [-0.2, 0) is 21.6 Å². The minimum absolute atomic E-state index is 0. The molecular formula is C27H22N3NaO4S. The van der Waals surface area contributed by atoms with E-state index in [9.17, 15) is 14.7 Å². The molecule has 176 valence electrons. The van der Waals surface area contributed by atoms with Crippen molar-refractivity contribution in [3.8, 4) is 21.6 Å². The summed E-state index contributed by atoms with van der Waals surface area (Å²) in [6.07, 6.45) is 2.34. The second-order valence-electron chi connectivity index (χ2n) is 8.52. The molecule has 1 N–H and O–H groups in total. The number of anilines is 1. The van der Waals surface area contributed by atoms with E-state index in [0.29, 0.717) is 29.9 Å². The largest absolute Gasteiger partial charge is 1.00 e. The summed E-state index contributed by atoms with van der Waals surface area (Å²) in [5.74, 6) is -1.00. The molecule has 0 unspecified atom stereocenters. The average molecular weight is 508 g/mol. The predicted molar refractivity (Wildman–Crippen MR) is 132 cm³/mol. The van der Waals surface area contributed by atoms with Gasteiger partial charge < -0.3 is 14.6 Å². The number of hydrogen-bond acceptors (Lipinski definition) is 7. The standard InChI is InChI=1S/C27H23N3O4S.Na/c1-17-23(29-26(33)34-16-22-4-2-3-15-28-22)24(35-30-17)20-7-5-18(6-8-20)19-9-11-21(12-10-19)27(13-14-27)25(31)32;/h2-12,15H,13-14,16H2,1H3,(H,29,33)(H,31,32);/q;+1/p-1. The van der Waals surface area contributed by atoms with Crippen LogP contribution in [0.2, 0.25) is 0 Å². The topological polar surface area (TPSA) is 104 Å². The number of benzene rings is 2. The Morgan fingerprint density at radius 3 is 2.22 bits per heavy atom. The Morgan fingerprint density at radius 1 is 1.00 bits per heavy atom. The number of carbonyl (C=O) groups excluding carboxylic acids is 2. The van der Waals surface area contributed by atoms with Crippen molar-refractivity contribution in [1.29, 1.82) is 0 Å². The summed E-state index contributed by atoms with van der Waals surface area (Å²) >= 11 is 1.31. The van der Waals surface area contributed by atoms with Crippen molar-refractivity contribution < 1.29 is 49.0 Å². The van der Waals surface area contributed by atoms with Crippen molar-refractivity contribution in [3.63, 3.8) is 0 Å².